The van der Waals surface area contributed by atoms with Gasteiger partial charge >= 0.3 is 0 Å². The number of rotatable bonds is 1. The second kappa shape index (κ2) is 6.19. The summed E-state index contributed by atoms with van der Waals surface area (Å²) in [5.41, 5.74) is 0.526. The van der Waals surface area contributed by atoms with Crippen molar-refractivity contribution in [2.24, 2.45) is 0 Å². The molecule has 0 saturated carbocycles. The number of likely N-dealkylation sites (tertiary alicyclic amines) is 1. The van der Waals surface area contributed by atoms with Crippen LogP contribution in [0.15, 0.2) is 18.2 Å². The van der Waals surface area contributed by atoms with E-state index in [0.29, 0.717) is 12.1 Å². The number of halogens is 1. The van der Waals surface area contributed by atoms with Gasteiger partial charge in [0.2, 0.25) is 0 Å². The maximum absolute atomic E-state index is 13.3. The minimum atomic E-state index is -0.498. The Kier molecular flexibility index (Phi) is 4.34. The second-order valence-corrected chi connectivity index (χ2v) is 4.41. The van der Waals surface area contributed by atoms with Gasteiger partial charge in [0.15, 0.2) is 0 Å². The number of benzene rings is 1. The number of nitriles is 1. The summed E-state index contributed by atoms with van der Waals surface area (Å²) in [4.78, 5) is 2.29. The Balaban J connectivity index is 2.05. The minimum Gasteiger partial charge on any atom is -0.292 e. The van der Waals surface area contributed by atoms with E-state index in [0.717, 1.165) is 13.1 Å². The predicted molar refractivity (Wildman–Crippen MR) is 68.3 cm³/mol. The zero-order valence-corrected chi connectivity index (χ0v) is 10.2. The van der Waals surface area contributed by atoms with Gasteiger partial charge in [-0.25, -0.2) is 4.39 Å². The molecule has 92 valence electrons. The Morgan fingerprint density at radius 1 is 1.22 bits per heavy atom. The van der Waals surface area contributed by atoms with Crippen molar-refractivity contribution in [1.29, 1.82) is 5.26 Å². The first kappa shape index (κ1) is 12.6. The Labute approximate surface area is 107 Å². The van der Waals surface area contributed by atoms with Gasteiger partial charge in [0.25, 0.3) is 0 Å². The molecule has 0 radical (unpaired) electrons. The molecule has 0 bridgehead atoms. The highest BCUT2D eigenvalue weighted by Gasteiger charge is 2.08. The topological polar surface area (TPSA) is 27.0 Å². The van der Waals surface area contributed by atoms with Crippen molar-refractivity contribution < 1.29 is 4.39 Å². The van der Waals surface area contributed by atoms with Crippen molar-refractivity contribution in [1.82, 2.24) is 4.90 Å². The molecule has 0 spiro atoms. The molecule has 0 atom stereocenters. The fourth-order valence-electron chi connectivity index (χ4n) is 2.11. The molecule has 0 aromatic heterocycles. The molecule has 18 heavy (non-hydrogen) atoms. The first-order chi connectivity index (χ1) is 8.81. The molecular weight excluding hydrogens is 227 g/mol. The van der Waals surface area contributed by atoms with Crippen molar-refractivity contribution in [2.75, 3.05) is 19.6 Å². The van der Waals surface area contributed by atoms with E-state index in [4.69, 9.17) is 5.26 Å². The van der Waals surface area contributed by atoms with Crippen molar-refractivity contribution in [3.05, 3.63) is 35.1 Å². The van der Waals surface area contributed by atoms with E-state index >= 15 is 0 Å². The van der Waals surface area contributed by atoms with Crippen LogP contribution in [0.3, 0.4) is 0 Å². The number of piperidine rings is 1. The monoisotopic (exact) mass is 242 g/mol. The predicted octanol–water partition coefficient (Wildman–Crippen LogP) is 2.53. The zero-order chi connectivity index (χ0) is 12.8. The summed E-state index contributed by atoms with van der Waals surface area (Å²) in [6, 6.07) is 6.42. The van der Waals surface area contributed by atoms with Gasteiger partial charge in [0.05, 0.1) is 6.54 Å². The lowest BCUT2D eigenvalue weighted by molar-refractivity contribution is 0.255. The summed E-state index contributed by atoms with van der Waals surface area (Å²) in [6.45, 7) is 2.87. The molecule has 2 nitrogen and oxygen atoms in total. The molecule has 1 aliphatic rings. The van der Waals surface area contributed by atoms with Gasteiger partial charge in [0, 0.05) is 5.56 Å². The molecule has 0 aliphatic carbocycles. The fraction of sp³-hybridized carbons (Fsp3) is 0.400. The largest absolute Gasteiger partial charge is 0.292 e. The standard InChI is InChI=1S/C15H15FN2/c16-15-8-4-6-13(14(15)12-17)7-5-11-18-9-2-1-3-10-18/h4,6,8H,1-3,9-11H2. The van der Waals surface area contributed by atoms with Crippen LogP contribution in [0.2, 0.25) is 0 Å². The number of hydrogen-bond acceptors (Lipinski definition) is 2. The van der Waals surface area contributed by atoms with Crippen LogP contribution in [0.5, 0.6) is 0 Å². The summed E-state index contributed by atoms with van der Waals surface area (Å²) < 4.78 is 13.3. The lowest BCUT2D eigenvalue weighted by Gasteiger charge is -2.23. The van der Waals surface area contributed by atoms with Gasteiger partial charge < -0.3 is 0 Å². The van der Waals surface area contributed by atoms with E-state index in [-0.39, 0.29) is 5.56 Å². The van der Waals surface area contributed by atoms with E-state index in [2.05, 4.69) is 16.7 Å². The molecule has 0 unspecified atom stereocenters. The Bertz CT molecular complexity index is 514. The number of nitrogens with zero attached hydrogens (tertiary/aromatic N) is 2. The van der Waals surface area contributed by atoms with Crippen molar-refractivity contribution in [3.63, 3.8) is 0 Å². The zero-order valence-electron chi connectivity index (χ0n) is 10.2. The van der Waals surface area contributed by atoms with Crippen LogP contribution in [-0.4, -0.2) is 24.5 Å². The van der Waals surface area contributed by atoms with Gasteiger partial charge in [-0.3, -0.25) is 4.90 Å². The number of hydrogen-bond donors (Lipinski definition) is 0. The van der Waals surface area contributed by atoms with Gasteiger partial charge in [0.1, 0.15) is 17.4 Å². The summed E-state index contributed by atoms with van der Waals surface area (Å²) in [5.74, 6) is 5.43. The lowest BCUT2D eigenvalue weighted by Crippen LogP contribution is -2.29. The molecular formula is C15H15FN2. The van der Waals surface area contributed by atoms with Crippen molar-refractivity contribution >= 4 is 0 Å². The molecule has 0 N–H and O–H groups in total. The molecule has 1 heterocycles. The molecule has 1 fully saturated rings. The average molecular weight is 242 g/mol. The highest BCUT2D eigenvalue weighted by molar-refractivity contribution is 5.48. The van der Waals surface area contributed by atoms with Crippen LogP contribution in [0.25, 0.3) is 0 Å². The van der Waals surface area contributed by atoms with Crippen LogP contribution in [0.4, 0.5) is 4.39 Å². The normalized spacial score (nSPS) is 15.6. The third kappa shape index (κ3) is 3.09. The van der Waals surface area contributed by atoms with Crippen LogP contribution < -0.4 is 0 Å². The maximum Gasteiger partial charge on any atom is 0.142 e. The Hall–Kier alpha value is -1.84. The smallest absolute Gasteiger partial charge is 0.142 e. The van der Waals surface area contributed by atoms with Crippen LogP contribution in [0.1, 0.15) is 30.4 Å². The summed E-state index contributed by atoms with van der Waals surface area (Å²) in [7, 11) is 0. The SMILES string of the molecule is N#Cc1c(F)cccc1C#CCN1CCCCC1. The Morgan fingerprint density at radius 3 is 2.72 bits per heavy atom. The van der Waals surface area contributed by atoms with Crippen molar-refractivity contribution in [2.45, 2.75) is 19.3 Å². The molecule has 1 aliphatic heterocycles. The molecule has 1 aromatic carbocycles. The van der Waals surface area contributed by atoms with Crippen LogP contribution in [0, 0.1) is 29.0 Å². The van der Waals surface area contributed by atoms with Crippen molar-refractivity contribution in [3.8, 4) is 17.9 Å². The second-order valence-electron chi connectivity index (χ2n) is 4.41. The first-order valence-electron chi connectivity index (χ1n) is 6.21. The van der Waals surface area contributed by atoms with Gasteiger partial charge in [-0.1, -0.05) is 24.3 Å². The first-order valence-corrected chi connectivity index (χ1v) is 6.21. The average Bonchev–Trinajstić information content (AvgIpc) is 2.40. The highest BCUT2D eigenvalue weighted by Crippen LogP contribution is 2.11. The third-order valence-corrected chi connectivity index (χ3v) is 3.10. The summed E-state index contributed by atoms with van der Waals surface area (Å²) in [6.07, 6.45) is 3.75. The van der Waals surface area contributed by atoms with Crippen LogP contribution in [-0.2, 0) is 0 Å². The molecule has 1 saturated heterocycles. The molecule has 1 aromatic rings. The molecule has 3 heteroatoms. The molecule has 2 rings (SSSR count). The maximum atomic E-state index is 13.3. The van der Waals surface area contributed by atoms with E-state index in [9.17, 15) is 4.39 Å². The minimum absolute atomic E-state index is 0.0450. The summed E-state index contributed by atoms with van der Waals surface area (Å²) in [5, 5.41) is 8.88. The van der Waals surface area contributed by atoms with E-state index in [1.807, 2.05) is 6.07 Å². The van der Waals surface area contributed by atoms with Gasteiger partial charge in [-0.05, 0) is 38.1 Å². The van der Waals surface area contributed by atoms with E-state index in [1.165, 1.54) is 25.3 Å². The van der Waals surface area contributed by atoms with Gasteiger partial charge in [-0.15, -0.1) is 0 Å². The Morgan fingerprint density at radius 2 is 2.00 bits per heavy atom. The van der Waals surface area contributed by atoms with Gasteiger partial charge in [-0.2, -0.15) is 5.26 Å². The highest BCUT2D eigenvalue weighted by atomic mass is 19.1. The lowest BCUT2D eigenvalue weighted by atomic mass is 10.1. The fourth-order valence-corrected chi connectivity index (χ4v) is 2.11. The molecule has 0 amide bonds. The quantitative estimate of drug-likeness (QED) is 0.708. The summed E-state index contributed by atoms with van der Waals surface area (Å²) >= 11 is 0. The van der Waals surface area contributed by atoms with Crippen LogP contribution >= 0.6 is 0 Å². The van der Waals surface area contributed by atoms with E-state index < -0.39 is 5.82 Å². The van der Waals surface area contributed by atoms with E-state index in [1.54, 1.807) is 12.1 Å². The third-order valence-electron chi connectivity index (χ3n) is 3.10.